The molecule has 1 saturated heterocycles. The smallest absolute Gasteiger partial charge is 0.331 e. The van der Waals surface area contributed by atoms with Crippen LogP contribution in [0.15, 0.2) is 22.9 Å². The second-order valence-corrected chi connectivity index (χ2v) is 7.38. The van der Waals surface area contributed by atoms with Crippen LogP contribution in [0.25, 0.3) is 0 Å². The Kier molecular flexibility index (Phi) is 5.04. The number of ether oxygens (including phenoxy) is 2. The fraction of sp³-hybridized carbons (Fsp3) is 0.647. The third kappa shape index (κ3) is 3.44. The molecule has 1 aliphatic carbocycles. The predicted molar refractivity (Wildman–Crippen MR) is 90.0 cm³/mol. The average molecular weight is 383 g/mol. The van der Waals surface area contributed by atoms with Crippen LogP contribution in [0.4, 0.5) is 0 Å². The molecule has 1 aromatic heterocycles. The molecule has 0 aromatic carbocycles. The van der Waals surface area contributed by atoms with Gasteiger partial charge in [0.2, 0.25) is 0 Å². The molecule has 1 N–H and O–H groups in total. The van der Waals surface area contributed by atoms with Gasteiger partial charge in [-0.3, -0.25) is 0 Å². The Labute approximate surface area is 145 Å². The third-order valence-electron chi connectivity index (χ3n) is 5.39. The lowest BCUT2D eigenvalue weighted by Gasteiger charge is -2.44. The van der Waals surface area contributed by atoms with Crippen molar-refractivity contribution in [1.29, 1.82) is 0 Å². The Morgan fingerprint density at radius 3 is 2.74 bits per heavy atom. The van der Waals surface area contributed by atoms with E-state index < -0.39 is 5.60 Å². The van der Waals surface area contributed by atoms with Gasteiger partial charge in [-0.2, -0.15) is 0 Å². The number of methoxy groups -OCH3 is 1. The van der Waals surface area contributed by atoms with Crippen molar-refractivity contribution in [3.8, 4) is 0 Å². The molecule has 5 nitrogen and oxygen atoms in total. The summed E-state index contributed by atoms with van der Waals surface area (Å²) in [6, 6.07) is 3.96. The van der Waals surface area contributed by atoms with Crippen molar-refractivity contribution < 1.29 is 14.3 Å². The fourth-order valence-corrected chi connectivity index (χ4v) is 4.49. The van der Waals surface area contributed by atoms with Gasteiger partial charge in [0.15, 0.2) is 0 Å². The van der Waals surface area contributed by atoms with E-state index in [0.717, 1.165) is 48.9 Å². The fourth-order valence-electron chi connectivity index (χ4n) is 3.88. The molecule has 23 heavy (non-hydrogen) atoms. The first kappa shape index (κ1) is 16.9. The van der Waals surface area contributed by atoms with E-state index in [-0.39, 0.29) is 12.6 Å². The summed E-state index contributed by atoms with van der Waals surface area (Å²) in [7, 11) is 1.39. The van der Waals surface area contributed by atoms with Crippen molar-refractivity contribution in [2.75, 3.05) is 26.8 Å². The van der Waals surface area contributed by atoms with Gasteiger partial charge in [-0.1, -0.05) is 6.07 Å². The number of nitrogens with one attached hydrogen (secondary N) is 1. The summed E-state index contributed by atoms with van der Waals surface area (Å²) in [5.74, 6) is -0.341. The van der Waals surface area contributed by atoms with Crippen LogP contribution in [-0.2, 0) is 19.9 Å². The summed E-state index contributed by atoms with van der Waals surface area (Å²) < 4.78 is 11.7. The Bertz CT molecular complexity index is 563. The molecule has 1 saturated carbocycles. The van der Waals surface area contributed by atoms with Crippen LogP contribution in [0.1, 0.15) is 37.7 Å². The number of carbonyl (C=O) groups is 1. The standard InChI is InChI=1S/C17H23BrN2O3/c1-22-14(21)11-23-17(13-3-2-9-20-15(13)18)6-4-16(5-7-17)8-10-19-12-16/h2-3,9,19H,4-8,10-12H2,1H3. The SMILES string of the molecule is COC(=O)COC1(c2cccnc2Br)CCC2(CCNC2)CC1. The maximum absolute atomic E-state index is 11.6. The minimum Gasteiger partial charge on any atom is -0.467 e. The molecule has 3 rings (SSSR count). The highest BCUT2D eigenvalue weighted by molar-refractivity contribution is 9.10. The van der Waals surface area contributed by atoms with Gasteiger partial charge in [-0.05, 0) is 66.1 Å². The van der Waals surface area contributed by atoms with Crippen molar-refractivity contribution >= 4 is 21.9 Å². The molecule has 0 unspecified atom stereocenters. The summed E-state index contributed by atoms with van der Waals surface area (Å²) in [6.07, 6.45) is 6.98. The highest BCUT2D eigenvalue weighted by Gasteiger charge is 2.46. The van der Waals surface area contributed by atoms with Crippen LogP contribution in [0.2, 0.25) is 0 Å². The first-order valence-corrected chi connectivity index (χ1v) is 8.91. The molecule has 2 fully saturated rings. The summed E-state index contributed by atoms with van der Waals surface area (Å²) in [5.41, 5.74) is 0.965. The number of rotatable bonds is 4. The van der Waals surface area contributed by atoms with E-state index >= 15 is 0 Å². The third-order valence-corrected chi connectivity index (χ3v) is 6.03. The molecular weight excluding hydrogens is 360 g/mol. The van der Waals surface area contributed by atoms with Gasteiger partial charge < -0.3 is 14.8 Å². The number of halogens is 1. The molecule has 2 aliphatic rings. The molecule has 1 aromatic rings. The van der Waals surface area contributed by atoms with E-state index in [1.807, 2.05) is 12.1 Å². The number of nitrogens with zero attached hydrogens (tertiary/aromatic N) is 1. The first-order valence-electron chi connectivity index (χ1n) is 8.12. The summed E-state index contributed by atoms with van der Waals surface area (Å²) in [4.78, 5) is 15.9. The van der Waals surface area contributed by atoms with Crippen molar-refractivity contribution in [2.24, 2.45) is 5.41 Å². The topological polar surface area (TPSA) is 60.5 Å². The lowest BCUT2D eigenvalue weighted by Crippen LogP contribution is -2.41. The van der Waals surface area contributed by atoms with Gasteiger partial charge in [-0.15, -0.1) is 0 Å². The Morgan fingerprint density at radius 1 is 1.35 bits per heavy atom. The molecule has 0 bridgehead atoms. The number of carbonyl (C=O) groups excluding carboxylic acids is 1. The van der Waals surface area contributed by atoms with Gasteiger partial charge in [0.25, 0.3) is 0 Å². The van der Waals surface area contributed by atoms with Crippen molar-refractivity contribution in [3.63, 3.8) is 0 Å². The maximum Gasteiger partial charge on any atom is 0.331 e. The minimum absolute atomic E-state index is 0.0247. The van der Waals surface area contributed by atoms with Crippen LogP contribution in [0, 0.1) is 5.41 Å². The lowest BCUT2D eigenvalue weighted by molar-refractivity contribution is -0.159. The highest BCUT2D eigenvalue weighted by Crippen LogP contribution is 2.51. The normalized spacial score (nSPS) is 30.5. The minimum atomic E-state index is -0.463. The largest absolute Gasteiger partial charge is 0.467 e. The van der Waals surface area contributed by atoms with Crippen LogP contribution in [0.5, 0.6) is 0 Å². The number of esters is 1. The van der Waals surface area contributed by atoms with E-state index in [1.165, 1.54) is 13.5 Å². The van der Waals surface area contributed by atoms with Gasteiger partial charge in [-0.25, -0.2) is 9.78 Å². The molecule has 2 heterocycles. The van der Waals surface area contributed by atoms with Gasteiger partial charge in [0.1, 0.15) is 11.2 Å². The number of pyridine rings is 1. The Balaban J connectivity index is 1.83. The van der Waals surface area contributed by atoms with Gasteiger partial charge in [0.05, 0.1) is 12.7 Å². The average Bonchev–Trinajstić information content (AvgIpc) is 3.04. The summed E-state index contributed by atoms with van der Waals surface area (Å²) in [6.45, 7) is 2.17. The molecule has 1 spiro atoms. The van der Waals surface area contributed by atoms with Crippen molar-refractivity contribution in [2.45, 2.75) is 37.7 Å². The highest BCUT2D eigenvalue weighted by atomic mass is 79.9. The van der Waals surface area contributed by atoms with Crippen LogP contribution in [-0.4, -0.2) is 37.8 Å². The molecule has 0 atom stereocenters. The van der Waals surface area contributed by atoms with Crippen molar-refractivity contribution in [3.05, 3.63) is 28.5 Å². The number of hydrogen-bond acceptors (Lipinski definition) is 5. The van der Waals surface area contributed by atoms with E-state index in [2.05, 4.69) is 26.2 Å². The first-order chi connectivity index (χ1) is 11.1. The monoisotopic (exact) mass is 382 g/mol. The van der Waals surface area contributed by atoms with E-state index in [0.29, 0.717) is 5.41 Å². The molecular formula is C17H23BrN2O3. The van der Waals surface area contributed by atoms with E-state index in [1.54, 1.807) is 6.20 Å². The van der Waals surface area contributed by atoms with Crippen LogP contribution >= 0.6 is 15.9 Å². The number of hydrogen-bond donors (Lipinski definition) is 1. The van der Waals surface area contributed by atoms with E-state index in [4.69, 9.17) is 9.47 Å². The van der Waals surface area contributed by atoms with E-state index in [9.17, 15) is 4.79 Å². The predicted octanol–water partition coefficient (Wildman–Crippen LogP) is 2.78. The molecule has 0 radical (unpaired) electrons. The molecule has 126 valence electrons. The Morgan fingerprint density at radius 2 is 2.13 bits per heavy atom. The van der Waals surface area contributed by atoms with Crippen LogP contribution < -0.4 is 5.32 Å². The van der Waals surface area contributed by atoms with Gasteiger partial charge >= 0.3 is 5.97 Å². The number of aromatic nitrogens is 1. The Hall–Kier alpha value is -0.980. The summed E-state index contributed by atoms with van der Waals surface area (Å²) >= 11 is 3.55. The zero-order valence-corrected chi connectivity index (χ0v) is 15.0. The quantitative estimate of drug-likeness (QED) is 0.640. The van der Waals surface area contributed by atoms with Crippen molar-refractivity contribution in [1.82, 2.24) is 10.3 Å². The van der Waals surface area contributed by atoms with Gasteiger partial charge in [0, 0.05) is 18.3 Å². The lowest BCUT2D eigenvalue weighted by atomic mass is 9.66. The molecule has 0 amide bonds. The maximum atomic E-state index is 11.6. The second-order valence-electron chi connectivity index (χ2n) is 6.63. The zero-order valence-electron chi connectivity index (χ0n) is 13.4. The zero-order chi connectivity index (χ0) is 16.3. The second kappa shape index (κ2) is 6.87. The molecule has 6 heteroatoms. The van der Waals surface area contributed by atoms with Crippen LogP contribution in [0.3, 0.4) is 0 Å². The molecule has 1 aliphatic heterocycles. The summed E-state index contributed by atoms with van der Waals surface area (Å²) in [5, 5.41) is 3.48.